The largest absolute Gasteiger partial charge is 0.427 e. The molecule has 6 heteroatoms. The van der Waals surface area contributed by atoms with Gasteiger partial charge < -0.3 is 9.72 Å². The average Bonchev–Trinajstić information content (AvgIpc) is 2.29. The molecule has 17 heavy (non-hydrogen) atoms. The molecule has 0 fully saturated rings. The van der Waals surface area contributed by atoms with Gasteiger partial charge in [-0.05, 0) is 12.1 Å². The Hall–Kier alpha value is -2.24. The minimum absolute atomic E-state index is 0.0371. The first-order valence-electron chi connectivity index (χ1n) is 4.83. The lowest BCUT2D eigenvalue weighted by atomic mass is 10.1. The number of nitrogens with zero attached hydrogens (tertiary/aromatic N) is 1. The molecule has 0 aliphatic rings. The Kier molecular flexibility index (Phi) is 2.63. The Bertz CT molecular complexity index is 621. The monoisotopic (exact) mass is 236 g/mol. The van der Waals surface area contributed by atoms with E-state index in [1.807, 2.05) is 0 Å². The molecule has 88 valence electrons. The molecule has 1 heterocycles. The third kappa shape index (κ3) is 2.01. The summed E-state index contributed by atoms with van der Waals surface area (Å²) in [7, 11) is 0. The molecule has 0 amide bonds. The Morgan fingerprint density at radius 3 is 3.00 bits per heavy atom. The molecule has 0 bridgehead atoms. The van der Waals surface area contributed by atoms with E-state index in [0.717, 1.165) is 6.92 Å². The van der Waals surface area contributed by atoms with Crippen molar-refractivity contribution < 1.29 is 13.9 Å². The third-order valence-electron chi connectivity index (χ3n) is 2.43. The summed E-state index contributed by atoms with van der Waals surface area (Å²) in [6.07, 6.45) is 1.23. The van der Waals surface area contributed by atoms with Crippen LogP contribution in [0.25, 0.3) is 10.9 Å². The van der Waals surface area contributed by atoms with Gasteiger partial charge in [-0.3, -0.25) is 9.59 Å². The van der Waals surface area contributed by atoms with Crippen LogP contribution in [0.3, 0.4) is 0 Å². The molecule has 1 N–H and O–H groups in total. The molecule has 0 saturated heterocycles. The number of hydrogen-bond acceptors (Lipinski definition) is 4. The number of carbonyl (C=O) groups is 1. The van der Waals surface area contributed by atoms with E-state index in [2.05, 4.69) is 14.7 Å². The Balaban J connectivity index is 2.59. The molecule has 1 aromatic heterocycles. The number of aromatic amines is 1. The van der Waals surface area contributed by atoms with Crippen LogP contribution in [0.2, 0.25) is 0 Å². The predicted molar refractivity (Wildman–Crippen MR) is 58.0 cm³/mol. The molecular formula is C11H9FN2O3. The van der Waals surface area contributed by atoms with Crippen LogP contribution in [-0.2, 0) is 15.4 Å². The normalized spacial score (nSPS) is 14.2. The standard InChI is InChI=1S/C11H9FN2O3/c1-11(12,17-6-15)7-2-3-8-9(4-7)13-5-14-10(8)16/h2-6H,1H3,(H,13,14,16). The summed E-state index contributed by atoms with van der Waals surface area (Å²) in [5, 5.41) is 0.346. The predicted octanol–water partition coefficient (Wildman–Crippen LogP) is 1.24. The van der Waals surface area contributed by atoms with Crippen molar-refractivity contribution in [3.63, 3.8) is 0 Å². The Labute approximate surface area is 95.2 Å². The Morgan fingerprint density at radius 2 is 2.29 bits per heavy atom. The lowest BCUT2D eigenvalue weighted by Crippen LogP contribution is -2.19. The first kappa shape index (κ1) is 11.3. The van der Waals surface area contributed by atoms with Crippen molar-refractivity contribution in [3.8, 4) is 0 Å². The van der Waals surface area contributed by atoms with Crippen molar-refractivity contribution in [2.75, 3.05) is 0 Å². The maximum atomic E-state index is 13.9. The lowest BCUT2D eigenvalue weighted by Gasteiger charge is -2.18. The molecule has 5 nitrogen and oxygen atoms in total. The summed E-state index contributed by atoms with van der Waals surface area (Å²) < 4.78 is 18.2. The molecule has 0 spiro atoms. The van der Waals surface area contributed by atoms with Crippen molar-refractivity contribution >= 4 is 17.4 Å². The van der Waals surface area contributed by atoms with Crippen LogP contribution in [0, 0.1) is 0 Å². The van der Waals surface area contributed by atoms with Gasteiger partial charge >= 0.3 is 0 Å². The van der Waals surface area contributed by atoms with E-state index < -0.39 is 5.85 Å². The van der Waals surface area contributed by atoms with E-state index >= 15 is 0 Å². The number of fused-ring (bicyclic) bond motifs is 1. The fourth-order valence-electron chi connectivity index (χ4n) is 1.50. The zero-order valence-electron chi connectivity index (χ0n) is 8.94. The van der Waals surface area contributed by atoms with Crippen molar-refractivity contribution in [1.29, 1.82) is 0 Å². The molecule has 1 atom stereocenters. The highest BCUT2D eigenvalue weighted by Gasteiger charge is 2.27. The first-order chi connectivity index (χ1) is 8.04. The molecule has 2 aromatic rings. The van der Waals surface area contributed by atoms with Crippen LogP contribution in [0.15, 0.2) is 29.3 Å². The molecule has 0 radical (unpaired) electrons. The van der Waals surface area contributed by atoms with Gasteiger partial charge in [-0.15, -0.1) is 0 Å². The van der Waals surface area contributed by atoms with Gasteiger partial charge in [-0.2, -0.15) is 4.39 Å². The van der Waals surface area contributed by atoms with Gasteiger partial charge in [0.05, 0.1) is 17.2 Å². The average molecular weight is 236 g/mol. The Morgan fingerprint density at radius 1 is 1.53 bits per heavy atom. The van der Waals surface area contributed by atoms with Gasteiger partial charge in [0.2, 0.25) is 0 Å². The molecular weight excluding hydrogens is 227 g/mol. The summed E-state index contributed by atoms with van der Waals surface area (Å²) in [5.74, 6) is -2.24. The van der Waals surface area contributed by atoms with E-state index in [9.17, 15) is 14.0 Å². The van der Waals surface area contributed by atoms with E-state index in [1.54, 1.807) is 0 Å². The fourth-order valence-corrected chi connectivity index (χ4v) is 1.50. The van der Waals surface area contributed by atoms with E-state index in [1.165, 1.54) is 24.5 Å². The minimum Gasteiger partial charge on any atom is -0.427 e. The summed E-state index contributed by atoms with van der Waals surface area (Å²) in [6.45, 7) is 1.14. The number of nitrogens with one attached hydrogen (secondary N) is 1. The van der Waals surface area contributed by atoms with Gasteiger partial charge in [0.15, 0.2) is 0 Å². The molecule has 0 aliphatic heterocycles. The SMILES string of the molecule is CC(F)(OC=O)c1ccc2c(=O)[nH]cnc2c1. The number of H-pyrrole nitrogens is 1. The van der Waals surface area contributed by atoms with E-state index in [0.29, 0.717) is 10.9 Å². The maximum Gasteiger partial charge on any atom is 0.296 e. The smallest absolute Gasteiger partial charge is 0.296 e. The second-order valence-corrected chi connectivity index (χ2v) is 3.59. The summed E-state index contributed by atoms with van der Waals surface area (Å²) in [5.41, 5.74) is 0.151. The van der Waals surface area contributed by atoms with Crippen LogP contribution in [0.4, 0.5) is 4.39 Å². The highest BCUT2D eigenvalue weighted by Crippen LogP contribution is 2.27. The molecule has 1 aromatic carbocycles. The van der Waals surface area contributed by atoms with Crippen molar-refractivity contribution in [3.05, 3.63) is 40.4 Å². The van der Waals surface area contributed by atoms with Gasteiger partial charge in [0, 0.05) is 12.5 Å². The second-order valence-electron chi connectivity index (χ2n) is 3.59. The van der Waals surface area contributed by atoms with Crippen molar-refractivity contribution in [1.82, 2.24) is 9.97 Å². The van der Waals surface area contributed by atoms with Crippen LogP contribution >= 0.6 is 0 Å². The zero-order chi connectivity index (χ0) is 12.5. The topological polar surface area (TPSA) is 72.1 Å². The maximum absolute atomic E-state index is 13.9. The fraction of sp³-hybridized carbons (Fsp3) is 0.182. The highest BCUT2D eigenvalue weighted by molar-refractivity contribution is 5.78. The quantitative estimate of drug-likeness (QED) is 0.814. The van der Waals surface area contributed by atoms with Gasteiger partial charge in [0.25, 0.3) is 17.9 Å². The number of rotatable bonds is 3. The number of aromatic nitrogens is 2. The summed E-state index contributed by atoms with van der Waals surface area (Å²) in [6, 6.07) is 4.18. The van der Waals surface area contributed by atoms with Crippen LogP contribution in [0.1, 0.15) is 12.5 Å². The van der Waals surface area contributed by atoms with Crippen LogP contribution in [0.5, 0.6) is 0 Å². The number of carbonyl (C=O) groups excluding carboxylic acids is 1. The summed E-state index contributed by atoms with van der Waals surface area (Å²) >= 11 is 0. The second kappa shape index (κ2) is 3.97. The van der Waals surface area contributed by atoms with E-state index in [4.69, 9.17) is 0 Å². The van der Waals surface area contributed by atoms with Gasteiger partial charge in [-0.25, -0.2) is 4.98 Å². The van der Waals surface area contributed by atoms with Crippen molar-refractivity contribution in [2.45, 2.75) is 12.8 Å². The van der Waals surface area contributed by atoms with Gasteiger partial charge in [0.1, 0.15) is 0 Å². The number of halogens is 1. The summed E-state index contributed by atoms with van der Waals surface area (Å²) in [4.78, 5) is 27.9. The van der Waals surface area contributed by atoms with Gasteiger partial charge in [-0.1, -0.05) is 6.07 Å². The zero-order valence-corrected chi connectivity index (χ0v) is 8.94. The first-order valence-corrected chi connectivity index (χ1v) is 4.83. The number of alkyl halides is 1. The van der Waals surface area contributed by atoms with Crippen LogP contribution in [-0.4, -0.2) is 16.4 Å². The number of benzene rings is 1. The minimum atomic E-state index is -2.24. The molecule has 1 unspecified atom stereocenters. The molecule has 0 aliphatic carbocycles. The van der Waals surface area contributed by atoms with E-state index in [-0.39, 0.29) is 17.6 Å². The highest BCUT2D eigenvalue weighted by atomic mass is 19.2. The van der Waals surface area contributed by atoms with Crippen molar-refractivity contribution in [2.24, 2.45) is 0 Å². The van der Waals surface area contributed by atoms with Crippen LogP contribution < -0.4 is 5.56 Å². The molecule has 0 saturated carbocycles. The lowest BCUT2D eigenvalue weighted by molar-refractivity contribution is -0.164. The third-order valence-corrected chi connectivity index (χ3v) is 2.43. The number of hydrogen-bond donors (Lipinski definition) is 1. The molecule has 2 rings (SSSR count). The number of ether oxygens (including phenoxy) is 1.